The quantitative estimate of drug-likeness (QED) is 0.571. The van der Waals surface area contributed by atoms with Crippen molar-refractivity contribution in [2.24, 2.45) is 12.0 Å². The van der Waals surface area contributed by atoms with Gasteiger partial charge in [-0.3, -0.25) is 9.67 Å². The zero-order valence-electron chi connectivity index (χ0n) is 15.8. The Hall–Kier alpha value is -3.02. The van der Waals surface area contributed by atoms with Crippen molar-refractivity contribution in [2.75, 3.05) is 20.1 Å². The minimum atomic E-state index is 0.505. The van der Waals surface area contributed by atoms with Crippen LogP contribution in [0, 0.1) is 0 Å². The van der Waals surface area contributed by atoms with Gasteiger partial charge in [-0.2, -0.15) is 5.10 Å². The molecule has 1 saturated heterocycles. The summed E-state index contributed by atoms with van der Waals surface area (Å²) < 4.78 is 7.84. The third-order valence-corrected chi connectivity index (χ3v) is 5.04. The highest BCUT2D eigenvalue weighted by molar-refractivity contribution is 5.80. The van der Waals surface area contributed by atoms with Gasteiger partial charge in [-0.05, 0) is 24.1 Å². The fourth-order valence-electron chi connectivity index (χ4n) is 3.60. The van der Waals surface area contributed by atoms with Crippen molar-refractivity contribution in [3.05, 3.63) is 66.2 Å². The van der Waals surface area contributed by atoms with Crippen LogP contribution in [-0.2, 0) is 13.6 Å². The largest absolute Gasteiger partial charge is 0.459 e. The van der Waals surface area contributed by atoms with E-state index in [1.807, 2.05) is 55.3 Å². The Labute approximate surface area is 159 Å². The van der Waals surface area contributed by atoms with Crippen molar-refractivity contribution in [3.63, 3.8) is 0 Å². The van der Waals surface area contributed by atoms with Gasteiger partial charge in [-0.15, -0.1) is 0 Å². The number of likely N-dealkylation sites (tertiary alicyclic amines) is 1. The molecule has 1 aliphatic rings. The smallest absolute Gasteiger partial charge is 0.194 e. The second-order valence-electron chi connectivity index (χ2n) is 6.91. The zero-order chi connectivity index (χ0) is 18.6. The third kappa shape index (κ3) is 3.89. The topological polar surface area (TPSA) is 58.6 Å². The van der Waals surface area contributed by atoms with Gasteiger partial charge in [0.15, 0.2) is 5.96 Å². The average Bonchev–Trinajstić information content (AvgIpc) is 3.44. The fourth-order valence-corrected chi connectivity index (χ4v) is 3.60. The first-order valence-electron chi connectivity index (χ1n) is 9.31. The molecule has 0 radical (unpaired) electrons. The van der Waals surface area contributed by atoms with Gasteiger partial charge in [-0.1, -0.05) is 30.3 Å². The van der Waals surface area contributed by atoms with Crippen LogP contribution in [0.5, 0.6) is 0 Å². The van der Waals surface area contributed by atoms with Gasteiger partial charge in [0.25, 0.3) is 0 Å². The second-order valence-corrected chi connectivity index (χ2v) is 6.91. The number of aliphatic imine (C=N–C) groups is 1. The molecule has 6 nitrogen and oxygen atoms in total. The molecule has 3 aromatic rings. The molecule has 1 fully saturated rings. The number of hydrogen-bond acceptors (Lipinski definition) is 3. The van der Waals surface area contributed by atoms with E-state index in [0.29, 0.717) is 12.5 Å². The first-order chi connectivity index (χ1) is 13.2. The van der Waals surface area contributed by atoms with Crippen molar-refractivity contribution >= 4 is 5.96 Å². The molecule has 1 aliphatic heterocycles. The summed E-state index contributed by atoms with van der Waals surface area (Å²) in [6.45, 7) is 2.57. The summed E-state index contributed by atoms with van der Waals surface area (Å²) >= 11 is 0. The minimum Gasteiger partial charge on any atom is -0.459 e. The van der Waals surface area contributed by atoms with E-state index in [-0.39, 0.29) is 0 Å². The number of benzene rings is 1. The van der Waals surface area contributed by atoms with Crippen molar-refractivity contribution in [1.82, 2.24) is 20.0 Å². The molecule has 2 aromatic heterocycles. The first-order valence-corrected chi connectivity index (χ1v) is 9.31. The Balaban J connectivity index is 1.36. The van der Waals surface area contributed by atoms with Crippen LogP contribution in [0.25, 0.3) is 11.3 Å². The SMILES string of the molecule is CN=C(NCc1ccc(-c2ccccc2)o1)N1CCC(c2cnn(C)c2)C1. The van der Waals surface area contributed by atoms with Crippen LogP contribution in [0.15, 0.2) is 64.3 Å². The molecule has 0 bridgehead atoms. The number of rotatable bonds is 4. The molecule has 1 unspecified atom stereocenters. The molecule has 4 rings (SSSR count). The van der Waals surface area contributed by atoms with E-state index in [1.54, 1.807) is 0 Å². The molecular formula is C21H25N5O. The van der Waals surface area contributed by atoms with Gasteiger partial charge in [0, 0.05) is 44.9 Å². The lowest BCUT2D eigenvalue weighted by Gasteiger charge is -2.21. The lowest BCUT2D eigenvalue weighted by molar-refractivity contribution is 0.468. The highest BCUT2D eigenvalue weighted by Crippen LogP contribution is 2.27. The van der Waals surface area contributed by atoms with Crippen LogP contribution in [0.4, 0.5) is 0 Å². The van der Waals surface area contributed by atoms with Gasteiger partial charge in [0.1, 0.15) is 11.5 Å². The van der Waals surface area contributed by atoms with Crippen molar-refractivity contribution < 1.29 is 4.42 Å². The molecule has 1 N–H and O–H groups in total. The van der Waals surface area contributed by atoms with E-state index in [4.69, 9.17) is 4.42 Å². The van der Waals surface area contributed by atoms with E-state index in [0.717, 1.165) is 42.6 Å². The van der Waals surface area contributed by atoms with Crippen LogP contribution in [0.2, 0.25) is 0 Å². The maximum absolute atomic E-state index is 5.97. The maximum Gasteiger partial charge on any atom is 0.194 e. The van der Waals surface area contributed by atoms with Crippen LogP contribution >= 0.6 is 0 Å². The summed E-state index contributed by atoms with van der Waals surface area (Å²) in [6, 6.07) is 14.2. The van der Waals surface area contributed by atoms with Crippen molar-refractivity contribution in [1.29, 1.82) is 0 Å². The highest BCUT2D eigenvalue weighted by Gasteiger charge is 2.26. The molecule has 3 heterocycles. The number of furan rings is 1. The first kappa shape index (κ1) is 17.4. The summed E-state index contributed by atoms with van der Waals surface area (Å²) in [5.74, 6) is 3.21. The van der Waals surface area contributed by atoms with Crippen LogP contribution in [-0.4, -0.2) is 40.8 Å². The maximum atomic E-state index is 5.97. The number of nitrogens with one attached hydrogen (secondary N) is 1. The van der Waals surface area contributed by atoms with Crippen molar-refractivity contribution in [2.45, 2.75) is 18.9 Å². The van der Waals surface area contributed by atoms with Gasteiger partial charge in [0.2, 0.25) is 0 Å². The van der Waals surface area contributed by atoms with Crippen LogP contribution in [0.1, 0.15) is 23.7 Å². The minimum absolute atomic E-state index is 0.505. The number of aryl methyl sites for hydroxylation is 1. The number of hydrogen-bond donors (Lipinski definition) is 1. The van der Waals surface area contributed by atoms with E-state index in [2.05, 4.69) is 38.6 Å². The lowest BCUT2D eigenvalue weighted by Crippen LogP contribution is -2.39. The molecule has 27 heavy (non-hydrogen) atoms. The van der Waals surface area contributed by atoms with E-state index in [1.165, 1.54) is 5.56 Å². The second kappa shape index (κ2) is 7.70. The Bertz CT molecular complexity index is 912. The number of aromatic nitrogens is 2. The molecule has 140 valence electrons. The molecular weight excluding hydrogens is 338 g/mol. The summed E-state index contributed by atoms with van der Waals surface area (Å²) in [7, 11) is 3.79. The predicted molar refractivity (Wildman–Crippen MR) is 106 cm³/mol. The van der Waals surface area contributed by atoms with E-state index >= 15 is 0 Å². The number of nitrogens with zero attached hydrogens (tertiary/aromatic N) is 4. The molecule has 0 saturated carbocycles. The third-order valence-electron chi connectivity index (χ3n) is 5.04. The molecule has 1 aromatic carbocycles. The zero-order valence-corrected chi connectivity index (χ0v) is 15.8. The Kier molecular flexibility index (Phi) is 4.96. The molecule has 0 spiro atoms. The average molecular weight is 363 g/mol. The Morgan fingerprint density at radius 3 is 2.85 bits per heavy atom. The Morgan fingerprint density at radius 2 is 2.11 bits per heavy atom. The Morgan fingerprint density at radius 1 is 1.26 bits per heavy atom. The van der Waals surface area contributed by atoms with Gasteiger partial charge >= 0.3 is 0 Å². The summed E-state index contributed by atoms with van der Waals surface area (Å²) in [5.41, 5.74) is 2.39. The molecule has 0 aliphatic carbocycles. The van der Waals surface area contributed by atoms with Crippen LogP contribution in [0.3, 0.4) is 0 Å². The highest BCUT2D eigenvalue weighted by atomic mass is 16.3. The molecule has 6 heteroatoms. The monoisotopic (exact) mass is 363 g/mol. The van der Waals surface area contributed by atoms with E-state index in [9.17, 15) is 0 Å². The van der Waals surface area contributed by atoms with Gasteiger partial charge in [0.05, 0.1) is 12.7 Å². The van der Waals surface area contributed by atoms with Crippen molar-refractivity contribution in [3.8, 4) is 11.3 Å². The summed E-state index contributed by atoms with van der Waals surface area (Å²) in [4.78, 5) is 6.76. The normalized spacial score (nSPS) is 17.5. The molecule has 0 amide bonds. The van der Waals surface area contributed by atoms with Gasteiger partial charge in [-0.25, -0.2) is 0 Å². The predicted octanol–water partition coefficient (Wildman–Crippen LogP) is 3.25. The fraction of sp³-hybridized carbons (Fsp3) is 0.333. The standard InChI is InChI=1S/C21H25N5O/c1-22-21(26-11-10-17(15-26)18-12-24-25(2)14-18)23-13-19-8-9-20(27-19)16-6-4-3-5-7-16/h3-9,12,14,17H,10-11,13,15H2,1-2H3,(H,22,23). The summed E-state index contributed by atoms with van der Waals surface area (Å²) in [6.07, 6.45) is 5.20. The van der Waals surface area contributed by atoms with Crippen LogP contribution < -0.4 is 5.32 Å². The summed E-state index contributed by atoms with van der Waals surface area (Å²) in [5, 5.41) is 7.73. The number of guanidine groups is 1. The molecule has 1 atom stereocenters. The lowest BCUT2D eigenvalue weighted by atomic mass is 10.0. The van der Waals surface area contributed by atoms with Gasteiger partial charge < -0.3 is 14.6 Å². The van der Waals surface area contributed by atoms with E-state index < -0.39 is 0 Å².